The SMILES string of the molecule is CC(C)[S-].[Zn]. The summed E-state index contributed by atoms with van der Waals surface area (Å²) in [6.45, 7) is 3.96. The molecule has 0 saturated heterocycles. The predicted molar refractivity (Wildman–Crippen MR) is 22.5 cm³/mol. The molecule has 0 aromatic rings. The van der Waals surface area contributed by atoms with Gasteiger partial charge in [-0.15, -0.1) is 0 Å². The van der Waals surface area contributed by atoms with E-state index in [1.807, 2.05) is 13.8 Å². The molecule has 28 valence electrons. The first-order valence-corrected chi connectivity index (χ1v) is 1.86. The Morgan fingerprint density at radius 1 is 1.40 bits per heavy atom. The van der Waals surface area contributed by atoms with Crippen LogP contribution in [-0.2, 0) is 32.1 Å². The molecular weight excluding hydrogens is 133 g/mol. The van der Waals surface area contributed by atoms with Gasteiger partial charge in [-0.25, -0.2) is 0 Å². The Hall–Kier alpha value is 0.973. The van der Waals surface area contributed by atoms with E-state index in [4.69, 9.17) is 0 Å². The normalized spacial score (nSPS) is 7.20. The van der Waals surface area contributed by atoms with Crippen molar-refractivity contribution < 1.29 is 19.5 Å². The van der Waals surface area contributed by atoms with E-state index in [2.05, 4.69) is 12.6 Å². The summed E-state index contributed by atoms with van der Waals surface area (Å²) in [6.07, 6.45) is 0. The zero-order valence-electron chi connectivity index (χ0n) is 3.69. The van der Waals surface area contributed by atoms with Crippen LogP contribution < -0.4 is 0 Å². The third kappa shape index (κ3) is 46.4. The molecule has 0 radical (unpaired) electrons. The van der Waals surface area contributed by atoms with Gasteiger partial charge in [0.15, 0.2) is 0 Å². The van der Waals surface area contributed by atoms with E-state index in [0.29, 0.717) is 5.25 Å². The van der Waals surface area contributed by atoms with E-state index < -0.39 is 0 Å². The van der Waals surface area contributed by atoms with Gasteiger partial charge in [0.2, 0.25) is 0 Å². The zero-order chi connectivity index (χ0) is 3.58. The summed E-state index contributed by atoms with van der Waals surface area (Å²) in [7, 11) is 0. The second-order valence-electron chi connectivity index (χ2n) is 1.05. The molecule has 0 aliphatic rings. The van der Waals surface area contributed by atoms with E-state index in [1.165, 1.54) is 0 Å². The van der Waals surface area contributed by atoms with Crippen molar-refractivity contribution >= 4 is 12.6 Å². The van der Waals surface area contributed by atoms with Crippen molar-refractivity contribution in [2.75, 3.05) is 0 Å². The molecule has 0 saturated carbocycles. The van der Waals surface area contributed by atoms with Crippen LogP contribution >= 0.6 is 0 Å². The molecule has 0 unspecified atom stereocenters. The second-order valence-corrected chi connectivity index (χ2v) is 1.99. The Bertz CT molecular complexity index is 11.6. The van der Waals surface area contributed by atoms with E-state index in [-0.39, 0.29) is 19.5 Å². The third-order valence-electron chi connectivity index (χ3n) is 0. The molecule has 0 N–H and O–H groups in total. The van der Waals surface area contributed by atoms with Gasteiger partial charge in [-0.2, -0.15) is 5.25 Å². The van der Waals surface area contributed by atoms with Crippen molar-refractivity contribution in [1.82, 2.24) is 0 Å². The van der Waals surface area contributed by atoms with Gasteiger partial charge in [-0.1, -0.05) is 13.8 Å². The standard InChI is InChI=1S/C3H8S.Zn/c1-3(2)4;/h3-4H,1-2H3;/p-1. The minimum Gasteiger partial charge on any atom is -0.790 e. The van der Waals surface area contributed by atoms with Crippen molar-refractivity contribution in [3.05, 3.63) is 0 Å². The predicted octanol–water partition coefficient (Wildman–Crippen LogP) is 0.939. The van der Waals surface area contributed by atoms with Crippen molar-refractivity contribution in [2.24, 2.45) is 0 Å². The van der Waals surface area contributed by atoms with Gasteiger partial charge >= 0.3 is 0 Å². The molecule has 5 heavy (non-hydrogen) atoms. The molecule has 0 amide bonds. The van der Waals surface area contributed by atoms with E-state index in [1.54, 1.807) is 0 Å². The minimum atomic E-state index is 0. The van der Waals surface area contributed by atoms with E-state index >= 15 is 0 Å². The van der Waals surface area contributed by atoms with Gasteiger partial charge in [0.25, 0.3) is 0 Å². The first-order valence-electron chi connectivity index (χ1n) is 1.39. The summed E-state index contributed by atoms with van der Waals surface area (Å²) in [5, 5.41) is 0.417. The first-order chi connectivity index (χ1) is 1.73. The maximum Gasteiger partial charge on any atom is 0 e. The van der Waals surface area contributed by atoms with Crippen molar-refractivity contribution in [1.29, 1.82) is 0 Å². The van der Waals surface area contributed by atoms with Crippen molar-refractivity contribution in [2.45, 2.75) is 19.1 Å². The first kappa shape index (κ1) is 9.36. The maximum absolute atomic E-state index is 4.62. The fourth-order valence-electron chi connectivity index (χ4n) is 0. The maximum atomic E-state index is 4.62. The molecule has 0 heterocycles. The molecule has 2 heteroatoms. The van der Waals surface area contributed by atoms with Crippen molar-refractivity contribution in [3.63, 3.8) is 0 Å². The fourth-order valence-corrected chi connectivity index (χ4v) is 0. The van der Waals surface area contributed by atoms with Crippen LogP contribution in [0, 0.1) is 0 Å². The third-order valence-corrected chi connectivity index (χ3v) is 0. The zero-order valence-corrected chi connectivity index (χ0v) is 7.48. The van der Waals surface area contributed by atoms with Crippen molar-refractivity contribution in [3.8, 4) is 0 Å². The average Bonchev–Trinajstić information content (AvgIpc) is 0.811. The summed E-state index contributed by atoms with van der Waals surface area (Å²) in [6, 6.07) is 0. The van der Waals surface area contributed by atoms with Crippen LogP contribution in [0.3, 0.4) is 0 Å². The summed E-state index contributed by atoms with van der Waals surface area (Å²) in [5.74, 6) is 0. The molecule has 0 rings (SSSR count). The summed E-state index contributed by atoms with van der Waals surface area (Å²) < 4.78 is 0. The Morgan fingerprint density at radius 2 is 1.40 bits per heavy atom. The smallest absolute Gasteiger partial charge is 0 e. The summed E-state index contributed by atoms with van der Waals surface area (Å²) in [4.78, 5) is 0. The van der Waals surface area contributed by atoms with Gasteiger partial charge in [0.05, 0.1) is 0 Å². The Kier molecular flexibility index (Phi) is 9.31. The summed E-state index contributed by atoms with van der Waals surface area (Å²) >= 11 is 4.62. The topological polar surface area (TPSA) is 0 Å². The number of hydrogen-bond donors (Lipinski definition) is 0. The molecule has 0 aliphatic heterocycles. The van der Waals surface area contributed by atoms with E-state index in [0.717, 1.165) is 0 Å². The van der Waals surface area contributed by atoms with Gasteiger partial charge in [-0.3, -0.25) is 0 Å². The molecule has 0 atom stereocenters. The van der Waals surface area contributed by atoms with Crippen LogP contribution in [0.2, 0.25) is 0 Å². The fraction of sp³-hybridized carbons (Fsp3) is 1.00. The monoisotopic (exact) mass is 139 g/mol. The van der Waals surface area contributed by atoms with Gasteiger partial charge < -0.3 is 12.6 Å². The van der Waals surface area contributed by atoms with Gasteiger partial charge in [0.1, 0.15) is 0 Å². The number of rotatable bonds is 0. The van der Waals surface area contributed by atoms with Crippen LogP contribution in [0.4, 0.5) is 0 Å². The van der Waals surface area contributed by atoms with Gasteiger partial charge in [0, 0.05) is 19.5 Å². The molecule has 0 nitrogen and oxygen atoms in total. The summed E-state index contributed by atoms with van der Waals surface area (Å²) in [5.41, 5.74) is 0. The largest absolute Gasteiger partial charge is 0.790 e. The van der Waals surface area contributed by atoms with E-state index in [9.17, 15) is 0 Å². The van der Waals surface area contributed by atoms with Gasteiger partial charge in [-0.05, 0) is 0 Å². The Balaban J connectivity index is 0. The average molecular weight is 141 g/mol. The quantitative estimate of drug-likeness (QED) is 0.357. The second kappa shape index (κ2) is 4.97. The molecule has 0 bridgehead atoms. The van der Waals surface area contributed by atoms with Crippen LogP contribution in [0.15, 0.2) is 0 Å². The molecular formula is C3H7SZn-. The van der Waals surface area contributed by atoms with Crippen LogP contribution in [0.1, 0.15) is 13.8 Å². The Labute approximate surface area is 51.5 Å². The van der Waals surface area contributed by atoms with Crippen LogP contribution in [0.5, 0.6) is 0 Å². The molecule has 0 fully saturated rings. The Morgan fingerprint density at radius 3 is 1.40 bits per heavy atom. The molecule has 0 spiro atoms. The minimum absolute atomic E-state index is 0. The van der Waals surface area contributed by atoms with Crippen LogP contribution in [0.25, 0.3) is 0 Å². The van der Waals surface area contributed by atoms with Crippen LogP contribution in [-0.4, -0.2) is 5.25 Å². The molecule has 0 aromatic heterocycles. The molecule has 0 aliphatic carbocycles. The molecule has 0 aromatic carbocycles. The number of hydrogen-bond acceptors (Lipinski definition) is 1.